The Hall–Kier alpha value is -3.45. The Balaban J connectivity index is 1.80. The molecule has 7 heteroatoms. The number of fused-ring (bicyclic) bond motifs is 1. The van der Waals surface area contributed by atoms with Crippen molar-refractivity contribution in [1.29, 1.82) is 0 Å². The number of nitrogens with zero attached hydrogens (tertiary/aromatic N) is 2. The summed E-state index contributed by atoms with van der Waals surface area (Å²) in [7, 11) is 1.34. The Morgan fingerprint density at radius 3 is 2.58 bits per heavy atom. The zero-order valence-electron chi connectivity index (χ0n) is 18.1. The number of aromatic nitrogens is 2. The zero-order valence-corrected chi connectivity index (χ0v) is 18.9. The average molecular weight is 434 g/mol. The lowest BCUT2D eigenvalue weighted by atomic mass is 9.97. The summed E-state index contributed by atoms with van der Waals surface area (Å²) in [6, 6.07) is 9.91. The number of rotatable bonds is 4. The number of carbonyl (C=O) groups excluding carboxylic acids is 2. The van der Waals surface area contributed by atoms with Crippen molar-refractivity contribution in [3.8, 4) is 11.1 Å². The first-order valence-corrected chi connectivity index (χ1v) is 10.7. The molecule has 0 bridgehead atoms. The number of esters is 1. The fraction of sp³-hybridized carbons (Fsp3) is 0.208. The Morgan fingerprint density at radius 1 is 1.06 bits per heavy atom. The number of methoxy groups -OCH3 is 1. The van der Waals surface area contributed by atoms with Gasteiger partial charge in [-0.1, -0.05) is 29.8 Å². The molecular formula is C24H23N3O3S. The summed E-state index contributed by atoms with van der Waals surface area (Å²) in [4.78, 5) is 30.5. The van der Waals surface area contributed by atoms with Gasteiger partial charge in [-0.05, 0) is 50.5 Å². The number of anilines is 1. The molecule has 31 heavy (non-hydrogen) atoms. The molecule has 1 amide bonds. The maximum atomic E-state index is 13.2. The summed E-state index contributed by atoms with van der Waals surface area (Å²) in [6.45, 7) is 7.76. The van der Waals surface area contributed by atoms with E-state index in [1.807, 2.05) is 62.7 Å². The van der Waals surface area contributed by atoms with Crippen LogP contribution in [0.15, 0.2) is 41.9 Å². The highest BCUT2D eigenvalue weighted by molar-refractivity contribution is 7.15. The maximum absolute atomic E-state index is 13.2. The number of aryl methyl sites for hydroxylation is 4. The number of benzene rings is 1. The van der Waals surface area contributed by atoms with E-state index in [-0.39, 0.29) is 5.91 Å². The molecule has 158 valence electrons. The van der Waals surface area contributed by atoms with Crippen LogP contribution in [0.3, 0.4) is 0 Å². The van der Waals surface area contributed by atoms with Gasteiger partial charge in [0.05, 0.1) is 12.8 Å². The van der Waals surface area contributed by atoms with Crippen LogP contribution >= 0.6 is 11.3 Å². The second-order valence-electron chi connectivity index (χ2n) is 7.55. The largest absolute Gasteiger partial charge is 0.465 e. The van der Waals surface area contributed by atoms with Gasteiger partial charge in [0.2, 0.25) is 0 Å². The molecule has 3 aromatic heterocycles. The highest BCUT2D eigenvalue weighted by Crippen LogP contribution is 2.38. The molecule has 6 nitrogen and oxygen atoms in total. The summed E-state index contributed by atoms with van der Waals surface area (Å²) in [5.74, 6) is -0.812. The zero-order chi connectivity index (χ0) is 22.3. The van der Waals surface area contributed by atoms with E-state index in [1.54, 1.807) is 11.3 Å². The number of thiophene rings is 1. The number of nitrogens with one attached hydrogen (secondary N) is 1. The maximum Gasteiger partial charge on any atom is 0.341 e. The van der Waals surface area contributed by atoms with Gasteiger partial charge in [-0.25, -0.2) is 9.78 Å². The van der Waals surface area contributed by atoms with Crippen molar-refractivity contribution in [1.82, 2.24) is 9.38 Å². The molecule has 4 rings (SSSR count). The minimum Gasteiger partial charge on any atom is -0.465 e. The molecule has 0 radical (unpaired) electrons. The van der Waals surface area contributed by atoms with E-state index < -0.39 is 5.97 Å². The Labute approximate surface area is 184 Å². The summed E-state index contributed by atoms with van der Waals surface area (Å²) < 4.78 is 6.82. The standard InChI is InChI=1S/C24H23N3O3S/c1-13-8-9-14(2)17(11-13)18-12-31-23(19(18)24(29)30-5)26-22(28)20-16(4)25-21-15(3)7-6-10-27(20)21/h6-12H,1-5H3,(H,26,28). The van der Waals surface area contributed by atoms with Crippen molar-refractivity contribution < 1.29 is 14.3 Å². The first kappa shape index (κ1) is 20.8. The van der Waals surface area contributed by atoms with Crippen LogP contribution in [-0.2, 0) is 4.74 Å². The van der Waals surface area contributed by atoms with Gasteiger partial charge in [0.25, 0.3) is 5.91 Å². The first-order valence-electron chi connectivity index (χ1n) is 9.85. The van der Waals surface area contributed by atoms with Crippen molar-refractivity contribution in [2.45, 2.75) is 27.7 Å². The molecule has 0 unspecified atom stereocenters. The van der Waals surface area contributed by atoms with E-state index in [0.29, 0.717) is 22.0 Å². The number of ether oxygens (including phenoxy) is 1. The number of carbonyl (C=O) groups is 2. The van der Waals surface area contributed by atoms with Crippen molar-refractivity contribution in [2.24, 2.45) is 0 Å². The van der Waals surface area contributed by atoms with Gasteiger partial charge in [-0.2, -0.15) is 0 Å². The van der Waals surface area contributed by atoms with Crippen LogP contribution < -0.4 is 5.32 Å². The third-order valence-corrected chi connectivity index (χ3v) is 6.22. The van der Waals surface area contributed by atoms with Crippen LogP contribution in [0.2, 0.25) is 0 Å². The number of pyridine rings is 1. The van der Waals surface area contributed by atoms with Gasteiger partial charge in [-0.15, -0.1) is 11.3 Å². The third kappa shape index (κ3) is 3.61. The van der Waals surface area contributed by atoms with Gasteiger partial charge in [0.1, 0.15) is 21.9 Å². The second-order valence-corrected chi connectivity index (χ2v) is 8.43. The summed E-state index contributed by atoms with van der Waals surface area (Å²) >= 11 is 1.31. The van der Waals surface area contributed by atoms with Crippen LogP contribution in [0.5, 0.6) is 0 Å². The van der Waals surface area contributed by atoms with Crippen LogP contribution in [0.25, 0.3) is 16.8 Å². The lowest BCUT2D eigenvalue weighted by Gasteiger charge is -2.10. The molecule has 0 atom stereocenters. The third-order valence-electron chi connectivity index (χ3n) is 5.33. The van der Waals surface area contributed by atoms with Crippen molar-refractivity contribution in [3.63, 3.8) is 0 Å². The van der Waals surface area contributed by atoms with Crippen molar-refractivity contribution in [3.05, 3.63) is 75.6 Å². The van der Waals surface area contributed by atoms with Crippen molar-refractivity contribution in [2.75, 3.05) is 12.4 Å². The van der Waals surface area contributed by atoms with Crippen LogP contribution in [0, 0.1) is 27.7 Å². The van der Waals surface area contributed by atoms with Crippen LogP contribution in [-0.4, -0.2) is 28.4 Å². The minimum atomic E-state index is -0.488. The Kier molecular flexibility index (Phi) is 5.37. The number of hydrogen-bond acceptors (Lipinski definition) is 5. The lowest BCUT2D eigenvalue weighted by Crippen LogP contribution is -2.17. The second kappa shape index (κ2) is 8.00. The molecule has 0 saturated carbocycles. The quantitative estimate of drug-likeness (QED) is 0.441. The topological polar surface area (TPSA) is 72.7 Å². The fourth-order valence-electron chi connectivity index (χ4n) is 3.73. The smallest absolute Gasteiger partial charge is 0.341 e. The molecule has 0 aliphatic carbocycles. The summed E-state index contributed by atoms with van der Waals surface area (Å²) in [5, 5.41) is 5.26. The number of imidazole rings is 1. The van der Waals surface area contributed by atoms with E-state index in [1.165, 1.54) is 18.4 Å². The predicted molar refractivity (Wildman–Crippen MR) is 123 cm³/mol. The van der Waals surface area contributed by atoms with Crippen molar-refractivity contribution >= 4 is 33.9 Å². The lowest BCUT2D eigenvalue weighted by molar-refractivity contribution is 0.0603. The van der Waals surface area contributed by atoms with E-state index in [4.69, 9.17) is 4.74 Å². The van der Waals surface area contributed by atoms with Gasteiger partial charge < -0.3 is 10.1 Å². The summed E-state index contributed by atoms with van der Waals surface area (Å²) in [5.41, 5.74) is 6.96. The van der Waals surface area contributed by atoms with Crippen LogP contribution in [0.4, 0.5) is 5.00 Å². The van der Waals surface area contributed by atoms with Gasteiger partial charge >= 0.3 is 5.97 Å². The molecular weight excluding hydrogens is 410 g/mol. The molecule has 0 fully saturated rings. The number of amides is 1. The molecule has 3 heterocycles. The van der Waals surface area contributed by atoms with E-state index in [0.717, 1.165) is 33.5 Å². The fourth-order valence-corrected chi connectivity index (χ4v) is 4.68. The summed E-state index contributed by atoms with van der Waals surface area (Å²) in [6.07, 6.45) is 1.81. The van der Waals surface area contributed by atoms with Crippen LogP contribution in [0.1, 0.15) is 43.2 Å². The monoisotopic (exact) mass is 433 g/mol. The first-order chi connectivity index (χ1) is 14.8. The Morgan fingerprint density at radius 2 is 1.84 bits per heavy atom. The predicted octanol–water partition coefficient (Wildman–Crippen LogP) is 5.34. The van der Waals surface area contributed by atoms with Gasteiger partial charge in [-0.3, -0.25) is 9.20 Å². The highest BCUT2D eigenvalue weighted by atomic mass is 32.1. The SMILES string of the molecule is COC(=O)c1c(-c2cc(C)ccc2C)csc1NC(=O)c1c(C)nc2c(C)cccn12. The normalized spacial score (nSPS) is 11.0. The van der Waals surface area contributed by atoms with E-state index in [9.17, 15) is 9.59 Å². The molecule has 1 N–H and O–H groups in total. The molecule has 0 spiro atoms. The molecule has 4 aromatic rings. The Bertz CT molecular complexity index is 1330. The minimum absolute atomic E-state index is 0.324. The highest BCUT2D eigenvalue weighted by Gasteiger charge is 2.25. The van der Waals surface area contributed by atoms with E-state index in [2.05, 4.69) is 10.3 Å². The van der Waals surface area contributed by atoms with E-state index >= 15 is 0 Å². The molecule has 0 saturated heterocycles. The van der Waals surface area contributed by atoms with Gasteiger partial charge in [0.15, 0.2) is 0 Å². The number of hydrogen-bond donors (Lipinski definition) is 1. The molecule has 1 aromatic carbocycles. The van der Waals surface area contributed by atoms with Gasteiger partial charge in [0, 0.05) is 17.1 Å². The molecule has 0 aliphatic heterocycles. The molecule has 0 aliphatic rings. The average Bonchev–Trinajstić information content (AvgIpc) is 3.30.